The summed E-state index contributed by atoms with van der Waals surface area (Å²) in [7, 11) is 0. The van der Waals surface area contributed by atoms with Gasteiger partial charge in [-0.2, -0.15) is 5.10 Å². The average molecular weight is 327 g/mol. The Morgan fingerprint density at radius 2 is 1.75 bits per heavy atom. The molecule has 0 saturated heterocycles. The Balaban J connectivity index is 1.89. The van der Waals surface area contributed by atoms with Crippen LogP contribution in [-0.2, 0) is 4.79 Å². The maximum Gasteiger partial charge on any atom is 0.271 e. The summed E-state index contributed by atoms with van der Waals surface area (Å²) in [6.07, 6.45) is 0.0193. The molecule has 5 nitrogen and oxygen atoms in total. The van der Waals surface area contributed by atoms with Gasteiger partial charge in [0.2, 0.25) is 5.91 Å². The third-order valence-electron chi connectivity index (χ3n) is 3.28. The summed E-state index contributed by atoms with van der Waals surface area (Å²) in [5.74, 6) is -0.996. The lowest BCUT2D eigenvalue weighted by Gasteiger charge is -2.06. The fourth-order valence-electron chi connectivity index (χ4n) is 2.04. The summed E-state index contributed by atoms with van der Waals surface area (Å²) in [6.45, 7) is 3.48. The van der Waals surface area contributed by atoms with E-state index in [1.54, 1.807) is 19.1 Å². The normalized spacial score (nSPS) is 11.0. The fourth-order valence-corrected chi connectivity index (χ4v) is 2.04. The molecule has 2 aromatic rings. The summed E-state index contributed by atoms with van der Waals surface area (Å²) in [5.41, 5.74) is 4.77. The van der Waals surface area contributed by atoms with Gasteiger partial charge in [0.1, 0.15) is 5.82 Å². The lowest BCUT2D eigenvalue weighted by molar-refractivity contribution is -0.115. The van der Waals surface area contributed by atoms with Crippen LogP contribution < -0.4 is 10.7 Å². The maximum atomic E-state index is 12.8. The first-order valence-electron chi connectivity index (χ1n) is 7.40. The second kappa shape index (κ2) is 8.01. The summed E-state index contributed by atoms with van der Waals surface area (Å²) in [4.78, 5) is 23.9. The highest BCUT2D eigenvalue weighted by Crippen LogP contribution is 2.09. The second-order valence-electron chi connectivity index (χ2n) is 5.33. The van der Waals surface area contributed by atoms with E-state index < -0.39 is 0 Å². The minimum absolute atomic E-state index is 0.0193. The highest BCUT2D eigenvalue weighted by Gasteiger charge is 2.08. The van der Waals surface area contributed by atoms with Crippen molar-refractivity contribution < 1.29 is 14.0 Å². The van der Waals surface area contributed by atoms with Crippen LogP contribution in [0.3, 0.4) is 0 Å². The number of halogens is 1. The van der Waals surface area contributed by atoms with Crippen molar-refractivity contribution in [1.82, 2.24) is 5.43 Å². The molecule has 0 aliphatic rings. The first-order valence-corrected chi connectivity index (χ1v) is 7.40. The van der Waals surface area contributed by atoms with Gasteiger partial charge in [-0.05, 0) is 49.7 Å². The Morgan fingerprint density at radius 1 is 1.08 bits per heavy atom. The average Bonchev–Trinajstić information content (AvgIpc) is 2.55. The molecule has 0 aliphatic heterocycles. The van der Waals surface area contributed by atoms with E-state index in [1.165, 1.54) is 24.3 Å². The molecule has 0 saturated carbocycles. The molecule has 0 spiro atoms. The molecule has 124 valence electrons. The minimum Gasteiger partial charge on any atom is -0.326 e. The summed E-state index contributed by atoms with van der Waals surface area (Å²) < 4.78 is 12.8. The molecule has 2 rings (SSSR count). The van der Waals surface area contributed by atoms with Crippen LogP contribution in [0.15, 0.2) is 53.6 Å². The van der Waals surface area contributed by atoms with Gasteiger partial charge in [-0.25, -0.2) is 9.82 Å². The Labute approximate surface area is 139 Å². The van der Waals surface area contributed by atoms with Crippen LogP contribution in [-0.4, -0.2) is 17.5 Å². The molecule has 2 N–H and O–H groups in total. The molecular formula is C18H18FN3O2. The van der Waals surface area contributed by atoms with Gasteiger partial charge in [0.05, 0.1) is 6.42 Å². The molecule has 6 heteroatoms. The Kier molecular flexibility index (Phi) is 5.78. The lowest BCUT2D eigenvalue weighted by atomic mass is 10.1. The Bertz CT molecular complexity index is 770. The third-order valence-corrected chi connectivity index (χ3v) is 3.28. The Morgan fingerprint density at radius 3 is 2.42 bits per heavy atom. The summed E-state index contributed by atoms with van der Waals surface area (Å²) in [5, 5.41) is 6.56. The predicted octanol–water partition coefficient (Wildman–Crippen LogP) is 3.27. The molecule has 0 aliphatic carbocycles. The highest BCUT2D eigenvalue weighted by atomic mass is 19.1. The molecule has 0 atom stereocenters. The number of anilines is 1. The highest BCUT2D eigenvalue weighted by molar-refractivity contribution is 6.06. The van der Waals surface area contributed by atoms with Crippen LogP contribution in [0.5, 0.6) is 0 Å². The predicted molar refractivity (Wildman–Crippen MR) is 91.4 cm³/mol. The van der Waals surface area contributed by atoms with E-state index in [2.05, 4.69) is 15.8 Å². The molecule has 24 heavy (non-hydrogen) atoms. The molecular weight excluding hydrogens is 309 g/mol. The Hall–Kier alpha value is -3.02. The van der Waals surface area contributed by atoms with Gasteiger partial charge in [-0.15, -0.1) is 0 Å². The zero-order valence-electron chi connectivity index (χ0n) is 13.5. The van der Waals surface area contributed by atoms with E-state index in [1.807, 2.05) is 19.1 Å². The standard InChI is InChI=1S/C18H18FN3O2/c1-12-5-3-4-6-16(12)18(24)22-21-13(2)11-17(23)20-15-9-7-14(19)8-10-15/h3-10H,11H2,1-2H3,(H,20,23)(H,22,24)/b21-13-. The molecule has 0 radical (unpaired) electrons. The van der Waals surface area contributed by atoms with Crippen molar-refractivity contribution in [3.63, 3.8) is 0 Å². The number of hydrazone groups is 1. The minimum atomic E-state index is -0.371. The number of aryl methyl sites for hydroxylation is 1. The number of nitrogens with one attached hydrogen (secondary N) is 2. The number of hydrogen-bond donors (Lipinski definition) is 2. The molecule has 0 unspecified atom stereocenters. The van der Waals surface area contributed by atoms with Gasteiger partial charge in [0.25, 0.3) is 5.91 Å². The largest absolute Gasteiger partial charge is 0.326 e. The summed E-state index contributed by atoms with van der Waals surface area (Å²) in [6, 6.07) is 12.6. The van der Waals surface area contributed by atoms with Crippen molar-refractivity contribution in [2.45, 2.75) is 20.3 Å². The topological polar surface area (TPSA) is 70.6 Å². The zero-order chi connectivity index (χ0) is 17.5. The van der Waals surface area contributed by atoms with Crippen molar-refractivity contribution in [2.75, 3.05) is 5.32 Å². The maximum absolute atomic E-state index is 12.8. The molecule has 2 amide bonds. The number of benzene rings is 2. The van der Waals surface area contributed by atoms with Gasteiger partial charge < -0.3 is 5.32 Å². The first-order chi connectivity index (χ1) is 11.5. The van der Waals surface area contributed by atoms with Crippen LogP contribution in [0.4, 0.5) is 10.1 Å². The quantitative estimate of drug-likeness (QED) is 0.653. The van der Waals surface area contributed by atoms with Crippen LogP contribution in [0, 0.1) is 12.7 Å². The smallest absolute Gasteiger partial charge is 0.271 e. The van der Waals surface area contributed by atoms with Crippen molar-refractivity contribution >= 4 is 23.2 Å². The van der Waals surface area contributed by atoms with Gasteiger partial charge in [0, 0.05) is 17.0 Å². The van der Waals surface area contributed by atoms with Crippen LogP contribution in [0.2, 0.25) is 0 Å². The van der Waals surface area contributed by atoms with Gasteiger partial charge >= 0.3 is 0 Å². The molecule has 0 aromatic heterocycles. The van der Waals surface area contributed by atoms with Crippen molar-refractivity contribution in [3.05, 3.63) is 65.5 Å². The second-order valence-corrected chi connectivity index (χ2v) is 5.33. The summed E-state index contributed by atoms with van der Waals surface area (Å²) >= 11 is 0. The molecule has 0 fully saturated rings. The van der Waals surface area contributed by atoms with Crippen molar-refractivity contribution in [2.24, 2.45) is 5.10 Å². The van der Waals surface area contributed by atoms with Crippen LogP contribution >= 0.6 is 0 Å². The third kappa shape index (κ3) is 5.01. The molecule has 2 aromatic carbocycles. The van der Waals surface area contributed by atoms with E-state index in [-0.39, 0.29) is 24.1 Å². The number of carbonyl (C=O) groups excluding carboxylic acids is 2. The number of amides is 2. The van der Waals surface area contributed by atoms with Gasteiger partial charge in [-0.1, -0.05) is 18.2 Å². The van der Waals surface area contributed by atoms with E-state index in [9.17, 15) is 14.0 Å². The number of nitrogens with zero attached hydrogens (tertiary/aromatic N) is 1. The monoisotopic (exact) mass is 327 g/mol. The van der Waals surface area contributed by atoms with Crippen molar-refractivity contribution in [1.29, 1.82) is 0 Å². The van der Waals surface area contributed by atoms with Gasteiger partial charge in [0.15, 0.2) is 0 Å². The van der Waals surface area contributed by atoms with Gasteiger partial charge in [-0.3, -0.25) is 9.59 Å². The number of rotatable bonds is 5. The number of carbonyl (C=O) groups is 2. The zero-order valence-corrected chi connectivity index (χ0v) is 13.5. The fraction of sp³-hybridized carbons (Fsp3) is 0.167. The van der Waals surface area contributed by atoms with Crippen molar-refractivity contribution in [3.8, 4) is 0 Å². The van der Waals surface area contributed by atoms with E-state index in [0.29, 0.717) is 17.0 Å². The molecule has 0 bridgehead atoms. The van der Waals surface area contributed by atoms with E-state index in [0.717, 1.165) is 5.56 Å². The first kappa shape index (κ1) is 17.3. The van der Waals surface area contributed by atoms with E-state index >= 15 is 0 Å². The van der Waals surface area contributed by atoms with Crippen LogP contribution in [0.25, 0.3) is 0 Å². The number of hydrogen-bond acceptors (Lipinski definition) is 3. The van der Waals surface area contributed by atoms with E-state index in [4.69, 9.17) is 0 Å². The molecule has 0 heterocycles. The lowest BCUT2D eigenvalue weighted by Crippen LogP contribution is -2.22. The van der Waals surface area contributed by atoms with Crippen LogP contribution in [0.1, 0.15) is 29.3 Å². The SMILES string of the molecule is C/C(CC(=O)Nc1ccc(F)cc1)=N/NC(=O)c1ccccc1C.